The van der Waals surface area contributed by atoms with Crippen molar-refractivity contribution in [1.82, 2.24) is 4.90 Å². The summed E-state index contributed by atoms with van der Waals surface area (Å²) in [6.07, 6.45) is 2.76. The molecule has 39 heavy (non-hydrogen) atoms. The lowest BCUT2D eigenvalue weighted by Gasteiger charge is -2.28. The Morgan fingerprint density at radius 1 is 1.03 bits per heavy atom. The van der Waals surface area contributed by atoms with Crippen LogP contribution in [-0.2, 0) is 22.0 Å². The molecule has 0 radical (unpaired) electrons. The van der Waals surface area contributed by atoms with Gasteiger partial charge in [-0.25, -0.2) is 0 Å². The third-order valence-electron chi connectivity index (χ3n) is 7.49. The van der Waals surface area contributed by atoms with Gasteiger partial charge >= 0.3 is 0 Å². The van der Waals surface area contributed by atoms with Crippen LogP contribution in [-0.4, -0.2) is 40.6 Å². The van der Waals surface area contributed by atoms with Crippen molar-refractivity contribution in [3.05, 3.63) is 58.7 Å². The molecule has 1 heterocycles. The van der Waals surface area contributed by atoms with Gasteiger partial charge in [-0.2, -0.15) is 0 Å². The highest BCUT2D eigenvalue weighted by Gasteiger charge is 2.38. The van der Waals surface area contributed by atoms with Crippen LogP contribution in [0.2, 0.25) is 0 Å². The molecule has 2 unspecified atom stereocenters. The molecule has 2 atom stereocenters. The largest absolute Gasteiger partial charge is 0.507 e. The number of carbonyl (C=O) groups is 2. The van der Waals surface area contributed by atoms with Crippen molar-refractivity contribution in [2.45, 2.75) is 85.5 Å². The molecule has 0 aliphatic carbocycles. The van der Waals surface area contributed by atoms with Crippen LogP contribution >= 0.6 is 17.0 Å². The molecular weight excluding hydrogens is 554 g/mol. The lowest BCUT2D eigenvalue weighted by atomic mass is 9.78. The zero-order valence-electron chi connectivity index (χ0n) is 24.8. The molecule has 2 aromatic rings. The SMILES string of the molecule is Br.CCCC1CN(CC(=O)c2cc(C(C)(C)C)c(O)c(C(C)(C)C)c2)C(=N)C1Cc1ccc(NC(C)=O)cc1. The Balaban J connectivity index is 0.00000533. The van der Waals surface area contributed by atoms with Crippen molar-refractivity contribution >= 4 is 40.2 Å². The van der Waals surface area contributed by atoms with E-state index in [2.05, 4.69) is 12.2 Å². The van der Waals surface area contributed by atoms with E-state index in [0.717, 1.165) is 41.6 Å². The van der Waals surface area contributed by atoms with Crippen LogP contribution in [0.5, 0.6) is 5.75 Å². The maximum atomic E-state index is 13.6. The fraction of sp³-hybridized carbons (Fsp3) is 0.531. The predicted molar refractivity (Wildman–Crippen MR) is 166 cm³/mol. The van der Waals surface area contributed by atoms with E-state index in [1.807, 2.05) is 82.8 Å². The van der Waals surface area contributed by atoms with E-state index in [1.165, 1.54) is 6.92 Å². The minimum atomic E-state index is -0.312. The van der Waals surface area contributed by atoms with E-state index in [-0.39, 0.29) is 57.7 Å². The third-order valence-corrected chi connectivity index (χ3v) is 7.49. The molecule has 0 saturated carbocycles. The molecule has 1 aliphatic rings. The van der Waals surface area contributed by atoms with Gasteiger partial charge in [0.25, 0.3) is 0 Å². The summed E-state index contributed by atoms with van der Waals surface area (Å²) < 4.78 is 0. The van der Waals surface area contributed by atoms with Crippen molar-refractivity contribution in [2.75, 3.05) is 18.4 Å². The van der Waals surface area contributed by atoms with Crippen LogP contribution in [0.3, 0.4) is 0 Å². The normalized spacial score (nSPS) is 17.6. The molecule has 7 heteroatoms. The molecule has 0 spiro atoms. The second kappa shape index (κ2) is 12.7. The number of likely N-dealkylation sites (tertiary alicyclic amines) is 1. The first-order valence-corrected chi connectivity index (χ1v) is 13.7. The number of rotatable bonds is 8. The van der Waals surface area contributed by atoms with E-state index in [9.17, 15) is 14.7 Å². The fourth-order valence-corrected chi connectivity index (χ4v) is 5.43. The number of amides is 1. The van der Waals surface area contributed by atoms with E-state index in [1.54, 1.807) is 0 Å². The maximum Gasteiger partial charge on any atom is 0.221 e. The zero-order chi connectivity index (χ0) is 28.4. The number of hydrogen-bond acceptors (Lipinski definition) is 4. The number of anilines is 1. The van der Waals surface area contributed by atoms with Gasteiger partial charge in [0.1, 0.15) is 11.6 Å². The first kappa shape index (κ1) is 32.5. The summed E-state index contributed by atoms with van der Waals surface area (Å²) in [6.45, 7) is 16.8. The minimum Gasteiger partial charge on any atom is -0.507 e. The van der Waals surface area contributed by atoms with E-state index < -0.39 is 0 Å². The highest BCUT2D eigenvalue weighted by atomic mass is 79.9. The Kier molecular flexibility index (Phi) is 10.6. The van der Waals surface area contributed by atoms with Gasteiger partial charge in [0.2, 0.25) is 5.91 Å². The number of benzene rings is 2. The first-order chi connectivity index (χ1) is 17.6. The van der Waals surface area contributed by atoms with Crippen molar-refractivity contribution < 1.29 is 14.7 Å². The molecule has 3 rings (SSSR count). The molecular formula is C32H46BrN3O3. The van der Waals surface area contributed by atoms with Crippen LogP contribution in [0.25, 0.3) is 0 Å². The number of phenols is 1. The van der Waals surface area contributed by atoms with Crippen molar-refractivity contribution in [3.63, 3.8) is 0 Å². The van der Waals surface area contributed by atoms with Crippen LogP contribution in [0.15, 0.2) is 36.4 Å². The molecule has 3 N–H and O–H groups in total. The summed E-state index contributed by atoms with van der Waals surface area (Å²) in [4.78, 5) is 26.9. The molecule has 1 amide bonds. The Morgan fingerprint density at radius 2 is 1.56 bits per heavy atom. The Hall–Kier alpha value is -2.67. The molecule has 1 saturated heterocycles. The first-order valence-electron chi connectivity index (χ1n) is 13.7. The lowest BCUT2D eigenvalue weighted by molar-refractivity contribution is -0.114. The topological polar surface area (TPSA) is 93.5 Å². The lowest BCUT2D eigenvalue weighted by Crippen LogP contribution is -2.33. The van der Waals surface area contributed by atoms with Crippen molar-refractivity contribution in [2.24, 2.45) is 11.8 Å². The number of nitrogens with one attached hydrogen (secondary N) is 2. The molecule has 2 aromatic carbocycles. The molecule has 0 bridgehead atoms. The number of aromatic hydroxyl groups is 1. The van der Waals surface area contributed by atoms with Gasteiger partial charge < -0.3 is 15.3 Å². The highest BCUT2D eigenvalue weighted by molar-refractivity contribution is 8.93. The molecule has 214 valence electrons. The maximum absolute atomic E-state index is 13.6. The number of amidine groups is 1. The predicted octanol–water partition coefficient (Wildman–Crippen LogP) is 7.27. The molecule has 6 nitrogen and oxygen atoms in total. The van der Waals surface area contributed by atoms with Gasteiger partial charge in [-0.1, -0.05) is 67.0 Å². The monoisotopic (exact) mass is 599 g/mol. The number of carbonyl (C=O) groups excluding carboxylic acids is 2. The van der Waals surface area contributed by atoms with Gasteiger partial charge in [0, 0.05) is 41.8 Å². The summed E-state index contributed by atoms with van der Waals surface area (Å²) in [5.74, 6) is 1.02. The Morgan fingerprint density at radius 3 is 2.03 bits per heavy atom. The quantitative estimate of drug-likeness (QED) is 0.278. The summed E-state index contributed by atoms with van der Waals surface area (Å²) in [7, 11) is 0. The number of phenolic OH excluding ortho intramolecular Hbond substituents is 1. The second-order valence-electron chi connectivity index (χ2n) is 12.8. The van der Waals surface area contributed by atoms with Gasteiger partial charge in [-0.05, 0) is 59.4 Å². The molecule has 1 fully saturated rings. The van der Waals surface area contributed by atoms with Gasteiger partial charge in [0.05, 0.1) is 6.54 Å². The number of Topliss-reactive ketones (excluding diaryl/α,β-unsaturated/α-hetero) is 1. The molecule has 1 aliphatic heterocycles. The van der Waals surface area contributed by atoms with Gasteiger partial charge in [-0.3, -0.25) is 15.0 Å². The molecule has 0 aromatic heterocycles. The summed E-state index contributed by atoms with van der Waals surface area (Å²) in [5, 5.41) is 22.8. The summed E-state index contributed by atoms with van der Waals surface area (Å²) in [5.41, 5.74) is 3.39. The second-order valence-corrected chi connectivity index (χ2v) is 12.8. The average molecular weight is 601 g/mol. The van der Waals surface area contributed by atoms with E-state index in [4.69, 9.17) is 5.41 Å². The number of hydrogen-bond donors (Lipinski definition) is 3. The number of nitrogens with zero attached hydrogens (tertiary/aromatic N) is 1. The van der Waals surface area contributed by atoms with Crippen LogP contribution in [0.1, 0.15) is 95.3 Å². The van der Waals surface area contributed by atoms with Crippen LogP contribution < -0.4 is 5.32 Å². The van der Waals surface area contributed by atoms with E-state index >= 15 is 0 Å². The number of ketones is 1. The Bertz CT molecular complexity index is 1160. The minimum absolute atomic E-state index is 0. The highest BCUT2D eigenvalue weighted by Crippen LogP contribution is 2.40. The standard InChI is InChI=1S/C32H45N3O3.BrH/c1-9-10-22-18-35(30(33)25(22)15-21-11-13-24(14-12-21)34-20(2)36)19-28(37)23-16-26(31(3,4)5)29(38)27(17-23)32(6,7)8;/h11-14,16-17,22,25,33,38H,9-10,15,18-19H2,1-8H3,(H,34,36);1H. The van der Waals surface area contributed by atoms with Crippen molar-refractivity contribution in [3.8, 4) is 5.75 Å². The average Bonchev–Trinajstić information content (AvgIpc) is 3.07. The summed E-state index contributed by atoms with van der Waals surface area (Å²) in [6, 6.07) is 11.5. The van der Waals surface area contributed by atoms with Gasteiger partial charge in [0.15, 0.2) is 5.78 Å². The van der Waals surface area contributed by atoms with Crippen LogP contribution in [0, 0.1) is 17.2 Å². The van der Waals surface area contributed by atoms with Gasteiger partial charge in [-0.15, -0.1) is 17.0 Å². The van der Waals surface area contributed by atoms with Crippen molar-refractivity contribution in [1.29, 1.82) is 5.41 Å². The van der Waals surface area contributed by atoms with Crippen LogP contribution in [0.4, 0.5) is 5.69 Å². The number of halogens is 1. The fourth-order valence-electron chi connectivity index (χ4n) is 5.43. The summed E-state index contributed by atoms with van der Waals surface area (Å²) >= 11 is 0. The smallest absolute Gasteiger partial charge is 0.221 e. The zero-order valence-corrected chi connectivity index (χ0v) is 26.5. The Labute approximate surface area is 244 Å². The third kappa shape index (κ3) is 7.93. The van der Waals surface area contributed by atoms with E-state index in [0.29, 0.717) is 23.9 Å².